The van der Waals surface area contributed by atoms with Gasteiger partial charge in [0.2, 0.25) is 11.8 Å². The Morgan fingerprint density at radius 3 is 2.33 bits per heavy atom. The molecule has 3 aromatic rings. The highest BCUT2D eigenvalue weighted by Crippen LogP contribution is 2.37. The van der Waals surface area contributed by atoms with Gasteiger partial charge in [0.15, 0.2) is 11.6 Å². The second kappa shape index (κ2) is 14.9. The molecule has 0 radical (unpaired) electrons. The number of rotatable bonds is 11. The van der Waals surface area contributed by atoms with Crippen molar-refractivity contribution >= 4 is 31.2 Å². The van der Waals surface area contributed by atoms with Gasteiger partial charge in [-0.1, -0.05) is 67.4 Å². The Kier molecular flexibility index (Phi) is 11.0. The molecule has 1 saturated carbocycles. The van der Waals surface area contributed by atoms with Crippen molar-refractivity contribution in [3.63, 3.8) is 0 Å². The van der Waals surface area contributed by atoms with E-state index in [1.165, 1.54) is 31.2 Å². The summed E-state index contributed by atoms with van der Waals surface area (Å²) in [5.41, 5.74) is 2.44. The summed E-state index contributed by atoms with van der Waals surface area (Å²) in [5, 5.41) is 15.3. The molecule has 234 valence electrons. The fraction of sp³-hybridized carbons (Fsp3) is 0.303. The van der Waals surface area contributed by atoms with Crippen LogP contribution in [0.3, 0.4) is 0 Å². The number of phosphoric acid groups is 1. The summed E-state index contributed by atoms with van der Waals surface area (Å²) in [6.07, 6.45) is 2.82. The standard InChI is InChI=1S/C33H34N3O8P/c1-21(37)35-30(17-22-11-15-28(16-12-22)44-45(41,42)43)33(40)36-29-10-6-5-9-25(32(29)39)18-24-13-14-26(19-27(24)20-34)31(38)23-7-3-2-4-8-23/h2-4,7-8,11-16,19,25,29-30H,5-6,9-10,17-18H2,1H3,(H,35,37)(H,36,40)(H2,41,42,43). The molecule has 1 aliphatic rings. The van der Waals surface area contributed by atoms with Gasteiger partial charge in [-0.05, 0) is 48.6 Å². The van der Waals surface area contributed by atoms with E-state index in [1.54, 1.807) is 42.5 Å². The first kappa shape index (κ1) is 33.3. The van der Waals surface area contributed by atoms with Crippen molar-refractivity contribution in [2.75, 3.05) is 0 Å². The van der Waals surface area contributed by atoms with Crippen LogP contribution in [0.4, 0.5) is 0 Å². The molecule has 11 nitrogen and oxygen atoms in total. The van der Waals surface area contributed by atoms with Crippen LogP contribution in [-0.2, 0) is 31.8 Å². The molecule has 4 rings (SSSR count). The molecular weight excluding hydrogens is 597 g/mol. The van der Waals surface area contributed by atoms with E-state index >= 15 is 0 Å². The molecule has 1 fully saturated rings. The van der Waals surface area contributed by atoms with Gasteiger partial charge < -0.3 is 15.2 Å². The highest BCUT2D eigenvalue weighted by Gasteiger charge is 2.33. The van der Waals surface area contributed by atoms with Gasteiger partial charge in [-0.3, -0.25) is 29.0 Å². The van der Waals surface area contributed by atoms with E-state index in [1.807, 2.05) is 6.07 Å². The van der Waals surface area contributed by atoms with Crippen LogP contribution >= 0.6 is 7.82 Å². The molecule has 2 amide bonds. The van der Waals surface area contributed by atoms with Crippen LogP contribution < -0.4 is 15.2 Å². The maximum Gasteiger partial charge on any atom is 0.524 e. The van der Waals surface area contributed by atoms with Crippen LogP contribution in [0.1, 0.15) is 65.2 Å². The number of hydrogen-bond acceptors (Lipinski definition) is 7. The Balaban J connectivity index is 1.46. The number of hydrogen-bond donors (Lipinski definition) is 4. The zero-order chi connectivity index (χ0) is 32.6. The molecular formula is C33H34N3O8P. The molecule has 45 heavy (non-hydrogen) atoms. The van der Waals surface area contributed by atoms with E-state index in [4.69, 9.17) is 9.79 Å². The Morgan fingerprint density at radius 2 is 1.69 bits per heavy atom. The van der Waals surface area contributed by atoms with Crippen molar-refractivity contribution in [3.8, 4) is 11.8 Å². The first-order chi connectivity index (χ1) is 21.4. The fourth-order valence-electron chi connectivity index (χ4n) is 5.46. The summed E-state index contributed by atoms with van der Waals surface area (Å²) >= 11 is 0. The van der Waals surface area contributed by atoms with E-state index in [0.717, 1.165) is 6.42 Å². The first-order valence-electron chi connectivity index (χ1n) is 14.5. The number of nitriles is 1. The average Bonchev–Trinajstić information content (AvgIpc) is 3.17. The summed E-state index contributed by atoms with van der Waals surface area (Å²) in [7, 11) is -4.73. The van der Waals surface area contributed by atoms with Crippen molar-refractivity contribution in [3.05, 3.63) is 101 Å². The fourth-order valence-corrected chi connectivity index (χ4v) is 5.86. The van der Waals surface area contributed by atoms with Crippen LogP contribution in [0.5, 0.6) is 5.75 Å². The number of benzene rings is 3. The van der Waals surface area contributed by atoms with Crippen molar-refractivity contribution < 1.29 is 38.1 Å². The van der Waals surface area contributed by atoms with Crippen molar-refractivity contribution in [1.29, 1.82) is 5.26 Å². The Morgan fingerprint density at radius 1 is 1.00 bits per heavy atom. The van der Waals surface area contributed by atoms with Crippen LogP contribution in [-0.4, -0.2) is 45.3 Å². The van der Waals surface area contributed by atoms with E-state index < -0.39 is 37.6 Å². The lowest BCUT2D eigenvalue weighted by atomic mass is 9.87. The lowest BCUT2D eigenvalue weighted by Gasteiger charge is -2.24. The summed E-state index contributed by atoms with van der Waals surface area (Å²) in [6, 6.07) is 19.8. The molecule has 0 spiro atoms. The van der Waals surface area contributed by atoms with E-state index in [9.17, 15) is 29.0 Å². The second-order valence-electron chi connectivity index (χ2n) is 11.0. The molecule has 0 saturated heterocycles. The number of carbonyl (C=O) groups excluding carboxylic acids is 4. The molecule has 0 aromatic heterocycles. The van der Waals surface area contributed by atoms with E-state index in [-0.39, 0.29) is 30.2 Å². The van der Waals surface area contributed by atoms with Gasteiger partial charge in [-0.25, -0.2) is 4.57 Å². The monoisotopic (exact) mass is 631 g/mol. The second-order valence-corrected chi connectivity index (χ2v) is 12.2. The summed E-state index contributed by atoms with van der Waals surface area (Å²) < 4.78 is 15.6. The molecule has 0 aliphatic heterocycles. The zero-order valence-electron chi connectivity index (χ0n) is 24.6. The third kappa shape index (κ3) is 9.43. The van der Waals surface area contributed by atoms with Gasteiger partial charge >= 0.3 is 7.82 Å². The highest BCUT2D eigenvalue weighted by atomic mass is 31.2. The van der Waals surface area contributed by atoms with Crippen molar-refractivity contribution in [2.45, 2.75) is 57.5 Å². The van der Waals surface area contributed by atoms with Crippen LogP contribution in [0.15, 0.2) is 72.8 Å². The third-order valence-electron chi connectivity index (χ3n) is 7.63. The van der Waals surface area contributed by atoms with Crippen LogP contribution in [0.25, 0.3) is 0 Å². The molecule has 3 unspecified atom stereocenters. The highest BCUT2D eigenvalue weighted by molar-refractivity contribution is 7.46. The van der Waals surface area contributed by atoms with E-state index in [2.05, 4.69) is 21.2 Å². The van der Waals surface area contributed by atoms with E-state index in [0.29, 0.717) is 47.1 Å². The number of nitrogens with one attached hydrogen (secondary N) is 2. The lowest BCUT2D eigenvalue weighted by molar-refractivity contribution is -0.132. The molecule has 12 heteroatoms. The summed E-state index contributed by atoms with van der Waals surface area (Å²) in [4.78, 5) is 69.8. The SMILES string of the molecule is CC(=O)NC(Cc1ccc(OP(=O)(O)O)cc1)C(=O)NC1CCCCC(Cc2ccc(C(=O)c3ccccc3)cc2C#N)C1=O. The average molecular weight is 632 g/mol. The number of carbonyl (C=O) groups is 4. The first-order valence-corrected chi connectivity index (χ1v) is 16.0. The van der Waals surface area contributed by atoms with Crippen molar-refractivity contribution in [2.24, 2.45) is 5.92 Å². The summed E-state index contributed by atoms with van der Waals surface area (Å²) in [6.45, 7) is 1.27. The molecule has 1 aliphatic carbocycles. The molecule has 0 bridgehead atoms. The van der Waals surface area contributed by atoms with Gasteiger partial charge in [0.05, 0.1) is 17.7 Å². The minimum atomic E-state index is -4.73. The quantitative estimate of drug-likeness (QED) is 0.139. The van der Waals surface area contributed by atoms with Gasteiger partial charge in [0.25, 0.3) is 0 Å². The van der Waals surface area contributed by atoms with Crippen molar-refractivity contribution in [1.82, 2.24) is 10.6 Å². The number of ketones is 2. The smallest absolute Gasteiger partial charge is 0.404 e. The van der Waals surface area contributed by atoms with Gasteiger partial charge in [0.1, 0.15) is 11.8 Å². The number of phosphoric ester groups is 1. The van der Waals surface area contributed by atoms with Gasteiger partial charge in [-0.15, -0.1) is 0 Å². The molecule has 4 N–H and O–H groups in total. The third-order valence-corrected chi connectivity index (χ3v) is 8.08. The maximum absolute atomic E-state index is 13.7. The lowest BCUT2D eigenvalue weighted by Crippen LogP contribution is -2.52. The van der Waals surface area contributed by atoms with Crippen LogP contribution in [0.2, 0.25) is 0 Å². The molecule has 0 heterocycles. The predicted molar refractivity (Wildman–Crippen MR) is 164 cm³/mol. The topological polar surface area (TPSA) is 183 Å². The Bertz CT molecular complexity index is 1650. The summed E-state index contributed by atoms with van der Waals surface area (Å²) in [5.74, 6) is -1.86. The number of Topliss-reactive ketones (excluding diaryl/α,β-unsaturated/α-hetero) is 1. The Hall–Kier alpha value is -4.62. The maximum atomic E-state index is 13.7. The van der Waals surface area contributed by atoms with Gasteiger partial charge in [-0.2, -0.15) is 5.26 Å². The van der Waals surface area contributed by atoms with Crippen LogP contribution in [0, 0.1) is 17.2 Å². The number of nitrogens with zero attached hydrogens (tertiary/aromatic N) is 1. The molecule has 3 atom stereocenters. The Labute approximate surface area is 260 Å². The molecule has 3 aromatic carbocycles. The minimum Gasteiger partial charge on any atom is -0.404 e. The predicted octanol–water partition coefficient (Wildman–Crippen LogP) is 3.79. The van der Waals surface area contributed by atoms with Gasteiger partial charge in [0, 0.05) is 30.4 Å². The number of amides is 2. The zero-order valence-corrected chi connectivity index (χ0v) is 25.5. The minimum absolute atomic E-state index is 0.0558. The largest absolute Gasteiger partial charge is 0.524 e. The normalized spacial score (nSPS) is 17.3.